The number of nitrogens with two attached hydrogens (primary N) is 1. The summed E-state index contributed by atoms with van der Waals surface area (Å²) in [5.74, 6) is -0.193. The summed E-state index contributed by atoms with van der Waals surface area (Å²) in [5.41, 5.74) is 6.10. The third-order valence-electron chi connectivity index (χ3n) is 2.16. The van der Waals surface area contributed by atoms with E-state index >= 15 is 0 Å². The number of anilines is 1. The monoisotopic (exact) mass is 264 g/mol. The van der Waals surface area contributed by atoms with E-state index in [1.54, 1.807) is 11.4 Å². The van der Waals surface area contributed by atoms with Gasteiger partial charge in [0.2, 0.25) is 5.91 Å². The van der Waals surface area contributed by atoms with E-state index in [0.29, 0.717) is 12.2 Å². The first kappa shape index (κ1) is 12.5. The largest absolute Gasteiger partial charge is 0.504 e. The number of carbonyl (C=O) groups excluding carboxylic acids is 1. The number of hydrogen-bond acceptors (Lipinski definition) is 6. The molecule has 0 aliphatic rings. The summed E-state index contributed by atoms with van der Waals surface area (Å²) >= 11 is 1.42. The minimum Gasteiger partial charge on any atom is -0.504 e. The molecule has 0 saturated carbocycles. The van der Waals surface area contributed by atoms with Crippen molar-refractivity contribution in [3.8, 4) is 5.75 Å². The predicted molar refractivity (Wildman–Crippen MR) is 68.2 cm³/mol. The number of thiazole rings is 1. The molecule has 0 fully saturated rings. The summed E-state index contributed by atoms with van der Waals surface area (Å²) in [6.07, 6.45) is 1.62. The van der Waals surface area contributed by atoms with Gasteiger partial charge in [0, 0.05) is 18.1 Å². The summed E-state index contributed by atoms with van der Waals surface area (Å²) in [4.78, 5) is 19.7. The van der Waals surface area contributed by atoms with Crippen molar-refractivity contribution in [1.29, 1.82) is 0 Å². The Bertz CT molecular complexity index is 555. The number of aromatic nitrogens is 2. The van der Waals surface area contributed by atoms with Gasteiger partial charge in [0.15, 0.2) is 11.6 Å². The molecule has 0 aliphatic heterocycles. The van der Waals surface area contributed by atoms with E-state index in [1.165, 1.54) is 23.6 Å². The molecule has 18 heavy (non-hydrogen) atoms. The van der Waals surface area contributed by atoms with Crippen LogP contribution in [0.2, 0.25) is 0 Å². The molecular formula is C11H12N4O2S. The van der Waals surface area contributed by atoms with Gasteiger partial charge in [-0.3, -0.25) is 4.79 Å². The van der Waals surface area contributed by atoms with Crippen LogP contribution in [0.4, 0.5) is 5.82 Å². The normalized spacial score (nSPS) is 10.3. The number of hydrogen-bond donors (Lipinski definition) is 3. The van der Waals surface area contributed by atoms with Gasteiger partial charge in [-0.1, -0.05) is 0 Å². The zero-order valence-corrected chi connectivity index (χ0v) is 10.3. The van der Waals surface area contributed by atoms with Crippen LogP contribution in [0, 0.1) is 0 Å². The molecule has 0 aromatic carbocycles. The molecule has 0 bridgehead atoms. The van der Waals surface area contributed by atoms with Crippen molar-refractivity contribution < 1.29 is 9.90 Å². The first-order valence-electron chi connectivity index (χ1n) is 5.26. The lowest BCUT2D eigenvalue weighted by molar-refractivity contribution is -0.115. The van der Waals surface area contributed by atoms with E-state index in [0.717, 1.165) is 5.01 Å². The molecule has 4 N–H and O–H groups in total. The Hall–Kier alpha value is -1.99. The van der Waals surface area contributed by atoms with Crippen LogP contribution < -0.4 is 11.1 Å². The summed E-state index contributed by atoms with van der Waals surface area (Å²) in [6.45, 7) is 0.368. The zero-order valence-electron chi connectivity index (χ0n) is 9.46. The van der Waals surface area contributed by atoms with E-state index < -0.39 is 0 Å². The fourth-order valence-electron chi connectivity index (χ4n) is 1.36. The lowest BCUT2D eigenvalue weighted by Gasteiger charge is -2.04. The van der Waals surface area contributed by atoms with Crippen molar-refractivity contribution in [2.24, 2.45) is 5.73 Å². The first-order valence-corrected chi connectivity index (χ1v) is 6.14. The molecule has 0 spiro atoms. The van der Waals surface area contributed by atoms with Crippen molar-refractivity contribution in [2.75, 3.05) is 5.32 Å². The van der Waals surface area contributed by atoms with Gasteiger partial charge in [0.05, 0.1) is 12.1 Å². The standard InChI is InChI=1S/C11H12N4O2S/c12-5-10-14-7(6-18-10)4-9(17)15-11-8(16)2-1-3-13-11/h1-3,6,16H,4-5,12H2,(H,13,15,17). The second kappa shape index (κ2) is 5.56. The Labute approximate surface area is 108 Å². The third-order valence-corrected chi connectivity index (χ3v) is 3.08. The topological polar surface area (TPSA) is 101 Å². The quantitative estimate of drug-likeness (QED) is 0.761. The van der Waals surface area contributed by atoms with E-state index in [2.05, 4.69) is 15.3 Å². The minimum atomic E-state index is -0.280. The van der Waals surface area contributed by atoms with Crippen LogP contribution >= 0.6 is 11.3 Å². The molecule has 2 aromatic heterocycles. The Kier molecular flexibility index (Phi) is 3.85. The van der Waals surface area contributed by atoms with Gasteiger partial charge < -0.3 is 16.2 Å². The smallest absolute Gasteiger partial charge is 0.231 e. The van der Waals surface area contributed by atoms with Gasteiger partial charge in [-0.25, -0.2) is 9.97 Å². The average Bonchev–Trinajstić information content (AvgIpc) is 2.80. The molecular weight excluding hydrogens is 252 g/mol. The summed E-state index contributed by atoms with van der Waals surface area (Å²) in [6, 6.07) is 3.04. The lowest BCUT2D eigenvalue weighted by Crippen LogP contribution is -2.15. The Balaban J connectivity index is 1.99. The summed E-state index contributed by atoms with van der Waals surface area (Å²) in [5, 5.41) is 14.6. The number of amides is 1. The highest BCUT2D eigenvalue weighted by atomic mass is 32.1. The average molecular weight is 264 g/mol. The maximum atomic E-state index is 11.7. The van der Waals surface area contributed by atoms with Crippen LogP contribution in [0.3, 0.4) is 0 Å². The number of carbonyl (C=O) groups is 1. The second-order valence-electron chi connectivity index (χ2n) is 3.53. The van der Waals surface area contributed by atoms with E-state index in [1.807, 2.05) is 0 Å². The van der Waals surface area contributed by atoms with Gasteiger partial charge in [0.25, 0.3) is 0 Å². The fourth-order valence-corrected chi connectivity index (χ4v) is 2.03. The van der Waals surface area contributed by atoms with Crippen molar-refractivity contribution in [3.05, 3.63) is 34.4 Å². The van der Waals surface area contributed by atoms with E-state index in [-0.39, 0.29) is 23.9 Å². The zero-order chi connectivity index (χ0) is 13.0. The number of rotatable bonds is 4. The number of nitrogens with one attached hydrogen (secondary N) is 1. The molecule has 0 atom stereocenters. The maximum Gasteiger partial charge on any atom is 0.231 e. The van der Waals surface area contributed by atoms with E-state index in [4.69, 9.17) is 5.73 Å². The van der Waals surface area contributed by atoms with Gasteiger partial charge in [0.1, 0.15) is 5.01 Å². The number of aromatic hydroxyl groups is 1. The molecule has 2 rings (SSSR count). The molecule has 7 heteroatoms. The number of nitrogens with zero attached hydrogens (tertiary/aromatic N) is 2. The van der Waals surface area contributed by atoms with Gasteiger partial charge in [-0.05, 0) is 12.1 Å². The molecule has 2 aromatic rings. The Morgan fingerprint density at radius 2 is 2.39 bits per heavy atom. The molecule has 6 nitrogen and oxygen atoms in total. The SMILES string of the molecule is NCc1nc(CC(=O)Nc2ncccc2O)cs1. The molecule has 1 amide bonds. The predicted octanol–water partition coefficient (Wildman–Crippen LogP) is 0.884. The van der Waals surface area contributed by atoms with E-state index in [9.17, 15) is 9.90 Å². The van der Waals surface area contributed by atoms with Crippen LogP contribution in [-0.4, -0.2) is 21.0 Å². The molecule has 0 radical (unpaired) electrons. The molecule has 94 valence electrons. The highest BCUT2D eigenvalue weighted by Gasteiger charge is 2.10. The van der Waals surface area contributed by atoms with Crippen molar-refractivity contribution in [3.63, 3.8) is 0 Å². The molecule has 2 heterocycles. The summed E-state index contributed by atoms with van der Waals surface area (Å²) in [7, 11) is 0. The van der Waals surface area contributed by atoms with Gasteiger partial charge in [-0.15, -0.1) is 11.3 Å². The molecule has 0 saturated heterocycles. The van der Waals surface area contributed by atoms with Crippen LogP contribution in [0.25, 0.3) is 0 Å². The highest BCUT2D eigenvalue weighted by molar-refractivity contribution is 7.09. The Morgan fingerprint density at radius 3 is 3.06 bits per heavy atom. The highest BCUT2D eigenvalue weighted by Crippen LogP contribution is 2.18. The van der Waals surface area contributed by atoms with Gasteiger partial charge >= 0.3 is 0 Å². The first-order chi connectivity index (χ1) is 8.69. The van der Waals surface area contributed by atoms with Crippen LogP contribution in [0.5, 0.6) is 5.75 Å². The number of pyridine rings is 1. The van der Waals surface area contributed by atoms with Crippen LogP contribution in [0.15, 0.2) is 23.7 Å². The third kappa shape index (κ3) is 3.02. The van der Waals surface area contributed by atoms with Crippen molar-refractivity contribution in [2.45, 2.75) is 13.0 Å². The Morgan fingerprint density at radius 1 is 1.56 bits per heavy atom. The van der Waals surface area contributed by atoms with Crippen LogP contribution in [-0.2, 0) is 17.8 Å². The van der Waals surface area contributed by atoms with Crippen molar-refractivity contribution >= 4 is 23.1 Å². The lowest BCUT2D eigenvalue weighted by atomic mass is 10.3. The van der Waals surface area contributed by atoms with Gasteiger partial charge in [-0.2, -0.15) is 0 Å². The van der Waals surface area contributed by atoms with Crippen molar-refractivity contribution in [1.82, 2.24) is 9.97 Å². The molecule has 0 unspecified atom stereocenters. The molecule has 0 aliphatic carbocycles. The minimum absolute atomic E-state index is 0.0632. The second-order valence-corrected chi connectivity index (χ2v) is 4.48. The fraction of sp³-hybridized carbons (Fsp3) is 0.182. The summed E-state index contributed by atoms with van der Waals surface area (Å²) < 4.78 is 0. The van der Waals surface area contributed by atoms with Crippen LogP contribution in [0.1, 0.15) is 10.7 Å². The maximum absolute atomic E-state index is 11.7.